The van der Waals surface area contributed by atoms with Gasteiger partial charge in [-0.05, 0) is 34.1 Å². The molecule has 3 N–H and O–H groups in total. The topological polar surface area (TPSA) is 74.8 Å². The van der Waals surface area contributed by atoms with Crippen molar-refractivity contribution < 1.29 is 22.7 Å². The molecule has 23 heavy (non-hydrogen) atoms. The first-order valence-corrected chi connectivity index (χ1v) is 7.51. The number of aliphatic imine (C=N–C) groups is 1. The first-order valence-electron chi connectivity index (χ1n) is 7.51. The lowest BCUT2D eigenvalue weighted by molar-refractivity contribution is -0.173. The first-order chi connectivity index (χ1) is 10.5. The van der Waals surface area contributed by atoms with Crippen molar-refractivity contribution in [2.24, 2.45) is 4.99 Å². The summed E-state index contributed by atoms with van der Waals surface area (Å²) >= 11 is 0. The van der Waals surface area contributed by atoms with Crippen LogP contribution in [0.25, 0.3) is 0 Å². The van der Waals surface area contributed by atoms with Crippen molar-refractivity contribution in [1.82, 2.24) is 16.0 Å². The molecule has 0 aliphatic rings. The van der Waals surface area contributed by atoms with Crippen molar-refractivity contribution in [2.75, 3.05) is 32.8 Å². The molecule has 0 aromatic rings. The summed E-state index contributed by atoms with van der Waals surface area (Å²) in [4.78, 5) is 15.8. The first kappa shape index (κ1) is 21.5. The minimum absolute atomic E-state index is 0.00355. The van der Waals surface area contributed by atoms with Crippen LogP contribution in [-0.2, 0) is 9.53 Å². The number of carbonyl (C=O) groups excluding carboxylic acids is 1. The van der Waals surface area contributed by atoms with E-state index in [1.54, 1.807) is 0 Å². The zero-order valence-electron chi connectivity index (χ0n) is 14.1. The molecular formula is C14H27F3N4O2. The van der Waals surface area contributed by atoms with Gasteiger partial charge in [0.25, 0.3) is 0 Å². The van der Waals surface area contributed by atoms with Crippen molar-refractivity contribution in [1.29, 1.82) is 0 Å². The summed E-state index contributed by atoms with van der Waals surface area (Å²) in [5, 5.41) is 8.67. The van der Waals surface area contributed by atoms with E-state index < -0.39 is 12.8 Å². The fourth-order valence-corrected chi connectivity index (χ4v) is 1.52. The largest absolute Gasteiger partial charge is 0.411 e. The second kappa shape index (κ2) is 10.3. The predicted octanol–water partition coefficient (Wildman–Crippen LogP) is 1.43. The van der Waals surface area contributed by atoms with E-state index in [9.17, 15) is 18.0 Å². The number of rotatable bonds is 8. The van der Waals surface area contributed by atoms with Crippen molar-refractivity contribution in [3.63, 3.8) is 0 Å². The van der Waals surface area contributed by atoms with Gasteiger partial charge in [0, 0.05) is 25.2 Å². The van der Waals surface area contributed by atoms with Gasteiger partial charge in [-0.3, -0.25) is 4.79 Å². The maximum atomic E-state index is 11.9. The molecule has 0 aliphatic carbocycles. The smallest absolute Gasteiger partial charge is 0.372 e. The van der Waals surface area contributed by atoms with Gasteiger partial charge in [-0.15, -0.1) is 0 Å². The second-order valence-electron chi connectivity index (χ2n) is 5.94. The van der Waals surface area contributed by atoms with Crippen LogP contribution in [-0.4, -0.2) is 56.4 Å². The summed E-state index contributed by atoms with van der Waals surface area (Å²) in [5.41, 5.74) is -0.325. The zero-order valence-corrected chi connectivity index (χ0v) is 14.1. The van der Waals surface area contributed by atoms with E-state index in [-0.39, 0.29) is 24.6 Å². The van der Waals surface area contributed by atoms with Crippen LogP contribution in [0.2, 0.25) is 0 Å². The molecule has 0 aromatic carbocycles. The third kappa shape index (κ3) is 15.2. The molecule has 0 aliphatic heterocycles. The lowest BCUT2D eigenvalue weighted by Gasteiger charge is -2.20. The molecule has 0 saturated heterocycles. The minimum Gasteiger partial charge on any atom is -0.372 e. The number of guanidine groups is 1. The maximum Gasteiger partial charge on any atom is 0.411 e. The number of carbonyl (C=O) groups is 1. The Morgan fingerprint density at radius 3 is 2.35 bits per heavy atom. The van der Waals surface area contributed by atoms with E-state index in [0.717, 1.165) is 0 Å². The van der Waals surface area contributed by atoms with E-state index in [2.05, 4.69) is 25.7 Å². The van der Waals surface area contributed by atoms with Crippen molar-refractivity contribution in [2.45, 2.75) is 45.8 Å². The van der Waals surface area contributed by atoms with Gasteiger partial charge < -0.3 is 20.7 Å². The van der Waals surface area contributed by atoms with Crippen LogP contribution in [0.3, 0.4) is 0 Å². The molecule has 0 aromatic heterocycles. The number of halogens is 3. The number of ether oxygens (including phenoxy) is 1. The van der Waals surface area contributed by atoms with E-state index >= 15 is 0 Å². The lowest BCUT2D eigenvalue weighted by atomic mass is 10.1. The highest BCUT2D eigenvalue weighted by Crippen LogP contribution is 2.14. The van der Waals surface area contributed by atoms with Crippen LogP contribution in [0, 0.1) is 0 Å². The summed E-state index contributed by atoms with van der Waals surface area (Å²) in [6.07, 6.45) is -3.90. The van der Waals surface area contributed by atoms with Gasteiger partial charge in [-0.2, -0.15) is 13.2 Å². The fraction of sp³-hybridized carbons (Fsp3) is 0.857. The van der Waals surface area contributed by atoms with Crippen molar-refractivity contribution >= 4 is 11.9 Å². The number of hydrogen-bond donors (Lipinski definition) is 3. The van der Waals surface area contributed by atoms with Gasteiger partial charge >= 0.3 is 6.18 Å². The standard InChI is InChI=1S/C14H27F3N4O2/c1-5-18-12(20-9-11(22)21-13(2,3)4)19-7-6-8-23-10-14(15,16)17/h5-10H2,1-4H3,(H,21,22)(H2,18,19,20). The third-order valence-corrected chi connectivity index (χ3v) is 2.26. The molecule has 0 fully saturated rings. The van der Waals surface area contributed by atoms with E-state index in [0.29, 0.717) is 25.5 Å². The van der Waals surface area contributed by atoms with Crippen LogP contribution >= 0.6 is 0 Å². The normalized spacial score (nSPS) is 12.9. The number of hydrogen-bond acceptors (Lipinski definition) is 3. The number of amides is 1. The molecule has 0 unspecified atom stereocenters. The van der Waals surface area contributed by atoms with E-state index in [1.165, 1.54) is 0 Å². The molecule has 9 heteroatoms. The van der Waals surface area contributed by atoms with Crippen LogP contribution < -0.4 is 16.0 Å². The number of nitrogens with zero attached hydrogens (tertiary/aromatic N) is 1. The Balaban J connectivity index is 4.06. The van der Waals surface area contributed by atoms with Crippen LogP contribution in [0.15, 0.2) is 4.99 Å². The fourth-order valence-electron chi connectivity index (χ4n) is 1.52. The minimum atomic E-state index is -4.30. The molecule has 6 nitrogen and oxygen atoms in total. The Labute approximate surface area is 135 Å². The summed E-state index contributed by atoms with van der Waals surface area (Å²) in [6.45, 7) is 7.22. The van der Waals surface area contributed by atoms with Gasteiger partial charge in [0.05, 0.1) is 0 Å². The van der Waals surface area contributed by atoms with Crippen LogP contribution in [0.5, 0.6) is 0 Å². The molecule has 0 radical (unpaired) electrons. The van der Waals surface area contributed by atoms with Gasteiger partial charge in [-0.25, -0.2) is 4.99 Å². The monoisotopic (exact) mass is 340 g/mol. The molecule has 1 amide bonds. The highest BCUT2D eigenvalue weighted by Gasteiger charge is 2.27. The van der Waals surface area contributed by atoms with Crippen LogP contribution in [0.4, 0.5) is 13.2 Å². The predicted molar refractivity (Wildman–Crippen MR) is 83.4 cm³/mol. The zero-order chi connectivity index (χ0) is 17.9. The molecule has 0 heterocycles. The van der Waals surface area contributed by atoms with E-state index in [4.69, 9.17) is 0 Å². The second-order valence-corrected chi connectivity index (χ2v) is 5.94. The Hall–Kier alpha value is -1.51. The molecule has 0 rings (SSSR count). The number of alkyl halides is 3. The maximum absolute atomic E-state index is 11.9. The summed E-state index contributed by atoms with van der Waals surface area (Å²) < 4.78 is 40.1. The summed E-state index contributed by atoms with van der Waals surface area (Å²) in [5.74, 6) is 0.232. The highest BCUT2D eigenvalue weighted by atomic mass is 19.4. The third-order valence-electron chi connectivity index (χ3n) is 2.26. The Bertz CT molecular complexity index is 379. The average molecular weight is 340 g/mol. The van der Waals surface area contributed by atoms with Gasteiger partial charge in [0.1, 0.15) is 13.2 Å². The lowest BCUT2D eigenvalue weighted by Crippen LogP contribution is -2.43. The molecule has 0 bridgehead atoms. The van der Waals surface area contributed by atoms with Crippen molar-refractivity contribution in [3.8, 4) is 0 Å². The Kier molecular flexibility index (Phi) is 9.62. The van der Waals surface area contributed by atoms with Gasteiger partial charge in [-0.1, -0.05) is 0 Å². The highest BCUT2D eigenvalue weighted by molar-refractivity contribution is 5.85. The molecular weight excluding hydrogens is 313 g/mol. The average Bonchev–Trinajstić information content (AvgIpc) is 2.36. The van der Waals surface area contributed by atoms with Crippen LogP contribution in [0.1, 0.15) is 34.1 Å². The van der Waals surface area contributed by atoms with Gasteiger partial charge in [0.2, 0.25) is 5.91 Å². The summed E-state index contributed by atoms with van der Waals surface area (Å²) in [6, 6.07) is 0. The molecule has 0 saturated carbocycles. The molecule has 136 valence electrons. The summed E-state index contributed by atoms with van der Waals surface area (Å²) in [7, 11) is 0. The Morgan fingerprint density at radius 2 is 1.83 bits per heavy atom. The number of nitrogens with one attached hydrogen (secondary N) is 3. The molecule has 0 spiro atoms. The SMILES string of the molecule is CCNC(=NCC(=O)NC(C)(C)C)NCCCOCC(F)(F)F. The molecule has 0 atom stereocenters. The van der Waals surface area contributed by atoms with Crippen molar-refractivity contribution in [3.05, 3.63) is 0 Å². The van der Waals surface area contributed by atoms with E-state index in [1.807, 2.05) is 27.7 Å². The Morgan fingerprint density at radius 1 is 1.17 bits per heavy atom. The van der Waals surface area contributed by atoms with Gasteiger partial charge in [0.15, 0.2) is 5.96 Å². The quantitative estimate of drug-likeness (QED) is 0.355.